The van der Waals surface area contributed by atoms with E-state index in [9.17, 15) is 13.2 Å². The fourth-order valence-corrected chi connectivity index (χ4v) is 4.87. The number of amides is 1. The number of allylic oxidation sites excluding steroid dienone is 4. The van der Waals surface area contributed by atoms with Crippen molar-refractivity contribution in [2.45, 2.75) is 56.8 Å². The summed E-state index contributed by atoms with van der Waals surface area (Å²) in [4.78, 5) is 17.1. The van der Waals surface area contributed by atoms with E-state index in [1.54, 1.807) is 24.3 Å². The van der Waals surface area contributed by atoms with E-state index < -0.39 is 15.7 Å². The number of anilines is 1. The zero-order valence-corrected chi connectivity index (χ0v) is 20.2. The maximum atomic E-state index is 12.2. The highest BCUT2D eigenvalue weighted by Gasteiger charge is 2.18. The number of aliphatic imine (C=N–C) groups is 1. The van der Waals surface area contributed by atoms with E-state index in [1.165, 1.54) is 44.2 Å². The molecule has 1 aliphatic carbocycles. The fraction of sp³-hybridized carbons (Fsp3) is 0.440. The van der Waals surface area contributed by atoms with Gasteiger partial charge in [-0.2, -0.15) is 0 Å². The molecule has 0 saturated heterocycles. The van der Waals surface area contributed by atoms with E-state index in [0.717, 1.165) is 37.1 Å². The molecule has 1 amide bonds. The molecule has 2 aliphatic rings. The van der Waals surface area contributed by atoms with Crippen LogP contribution in [-0.2, 0) is 14.6 Å². The van der Waals surface area contributed by atoms with E-state index in [1.807, 2.05) is 6.08 Å². The first kappa shape index (κ1) is 24.8. The van der Waals surface area contributed by atoms with Gasteiger partial charge >= 0.3 is 0 Å². The molecule has 0 unspecified atom stereocenters. The summed E-state index contributed by atoms with van der Waals surface area (Å²) >= 11 is 0. The van der Waals surface area contributed by atoms with Crippen LogP contribution in [0.2, 0.25) is 0 Å². The number of primary amides is 1. The van der Waals surface area contributed by atoms with Crippen LogP contribution in [0.4, 0.5) is 5.69 Å². The number of rotatable bonds is 8. The van der Waals surface area contributed by atoms with Crippen molar-refractivity contribution in [1.29, 1.82) is 0 Å². The summed E-state index contributed by atoms with van der Waals surface area (Å²) in [5, 5.41) is 6.59. The van der Waals surface area contributed by atoms with Crippen molar-refractivity contribution in [3.05, 3.63) is 59.5 Å². The Morgan fingerprint density at radius 1 is 1.21 bits per heavy atom. The topological polar surface area (TPSA) is 114 Å². The molecule has 0 spiro atoms. The Balaban J connectivity index is 1.89. The van der Waals surface area contributed by atoms with Gasteiger partial charge in [0.25, 0.3) is 5.91 Å². The molecule has 0 bridgehead atoms. The molecule has 1 aromatic rings. The summed E-state index contributed by atoms with van der Waals surface area (Å²) in [5.41, 5.74) is 7.39. The van der Waals surface area contributed by atoms with Gasteiger partial charge in [0.1, 0.15) is 11.7 Å². The molecule has 1 fully saturated rings. The maximum Gasteiger partial charge on any atom is 0.252 e. The number of nitrogens with two attached hydrogens (primary N) is 1. The number of amidine groups is 1. The highest BCUT2D eigenvalue weighted by Crippen LogP contribution is 2.26. The summed E-state index contributed by atoms with van der Waals surface area (Å²) < 4.78 is 23.9. The van der Waals surface area contributed by atoms with Crippen molar-refractivity contribution in [3.63, 3.8) is 0 Å². The van der Waals surface area contributed by atoms with Crippen LogP contribution in [0.15, 0.2) is 69.3 Å². The van der Waals surface area contributed by atoms with E-state index in [2.05, 4.69) is 17.6 Å². The van der Waals surface area contributed by atoms with Gasteiger partial charge in [-0.3, -0.25) is 4.79 Å². The molecule has 3 rings (SSSR count). The number of benzene rings is 1. The van der Waals surface area contributed by atoms with Crippen molar-refractivity contribution in [1.82, 2.24) is 5.32 Å². The Bertz CT molecular complexity index is 1090. The van der Waals surface area contributed by atoms with Crippen LogP contribution in [0.1, 0.15) is 51.9 Å². The summed E-state index contributed by atoms with van der Waals surface area (Å²) in [6.45, 7) is 2.86. The Hall–Kier alpha value is -2.87. The third-order valence-electron chi connectivity index (χ3n) is 6.08. The molecular weight excluding hydrogens is 436 g/mol. The van der Waals surface area contributed by atoms with Gasteiger partial charge in [-0.1, -0.05) is 57.2 Å². The minimum absolute atomic E-state index is 0.180. The molecule has 8 heteroatoms. The molecule has 178 valence electrons. The van der Waals surface area contributed by atoms with Crippen LogP contribution in [-0.4, -0.2) is 33.0 Å². The first-order valence-corrected chi connectivity index (χ1v) is 13.5. The Morgan fingerprint density at radius 2 is 1.97 bits per heavy atom. The van der Waals surface area contributed by atoms with Crippen LogP contribution in [0, 0.1) is 5.92 Å². The van der Waals surface area contributed by atoms with Gasteiger partial charge in [-0.05, 0) is 48.6 Å². The number of hydrogen-bond donors (Lipinski definition) is 3. The normalized spacial score (nSPS) is 23.9. The minimum atomic E-state index is -3.37. The van der Waals surface area contributed by atoms with Gasteiger partial charge in [0.05, 0.1) is 10.5 Å². The van der Waals surface area contributed by atoms with Crippen molar-refractivity contribution in [2.24, 2.45) is 16.6 Å². The lowest BCUT2D eigenvalue weighted by Gasteiger charge is -2.22. The Kier molecular flexibility index (Phi) is 8.49. The van der Waals surface area contributed by atoms with E-state index in [-0.39, 0.29) is 16.3 Å². The zero-order valence-electron chi connectivity index (χ0n) is 19.4. The van der Waals surface area contributed by atoms with Crippen LogP contribution < -0.4 is 16.4 Å². The molecule has 1 saturated carbocycles. The molecule has 4 N–H and O–H groups in total. The van der Waals surface area contributed by atoms with E-state index in [0.29, 0.717) is 11.5 Å². The van der Waals surface area contributed by atoms with Crippen LogP contribution in [0.25, 0.3) is 0 Å². The number of carbonyl (C=O) groups is 1. The minimum Gasteiger partial charge on any atom is -0.370 e. The standard InChI is InChI=1S/C25H34N4O3S/c1-3-19-11-7-14-22(23(26)30)25(28-20-12-8-13-21(17-20)33(2,31)32)29-24(19)27-16-15-18-9-5-4-6-10-18/h7-8,11-14,17-18H,3-6,9-10,15-16H2,1-2H3,(H2,26,30)(H2,27,28,29). The van der Waals surface area contributed by atoms with E-state index >= 15 is 0 Å². The quantitative estimate of drug-likeness (QED) is 0.530. The number of nitrogens with one attached hydrogen (secondary N) is 2. The smallest absolute Gasteiger partial charge is 0.252 e. The van der Waals surface area contributed by atoms with Gasteiger partial charge < -0.3 is 16.4 Å². The highest BCUT2D eigenvalue weighted by molar-refractivity contribution is 7.90. The van der Waals surface area contributed by atoms with Crippen molar-refractivity contribution < 1.29 is 13.2 Å². The van der Waals surface area contributed by atoms with Gasteiger partial charge in [-0.25, -0.2) is 13.4 Å². The van der Waals surface area contributed by atoms with Crippen LogP contribution >= 0.6 is 0 Å². The highest BCUT2D eigenvalue weighted by atomic mass is 32.2. The number of carbonyl (C=O) groups excluding carboxylic acids is 1. The fourth-order valence-electron chi connectivity index (χ4n) is 4.21. The predicted octanol–water partition coefficient (Wildman–Crippen LogP) is 4.06. The SMILES string of the molecule is CCC1=C(NCCC2CCCCC2)/N=C(Nc2cccc(S(C)(=O)=O)c2)\C(C(N)=O)=C\C=C\1. The van der Waals surface area contributed by atoms with Crippen molar-refractivity contribution in [2.75, 3.05) is 18.1 Å². The molecule has 0 atom stereocenters. The average molecular weight is 471 g/mol. The summed E-state index contributed by atoms with van der Waals surface area (Å²) in [5.74, 6) is 1.09. The molecule has 0 radical (unpaired) electrons. The number of hydrogen-bond acceptors (Lipinski definition) is 6. The molecule has 7 nitrogen and oxygen atoms in total. The lowest BCUT2D eigenvalue weighted by atomic mass is 9.87. The molecule has 1 aliphatic heterocycles. The summed E-state index contributed by atoms with van der Waals surface area (Å²) in [6, 6.07) is 6.42. The monoisotopic (exact) mass is 470 g/mol. The van der Waals surface area contributed by atoms with Gasteiger partial charge in [-0.15, -0.1) is 0 Å². The predicted molar refractivity (Wildman–Crippen MR) is 134 cm³/mol. The van der Waals surface area contributed by atoms with Crippen LogP contribution in [0.3, 0.4) is 0 Å². The largest absolute Gasteiger partial charge is 0.370 e. The molecule has 1 heterocycles. The molecule has 33 heavy (non-hydrogen) atoms. The number of sulfone groups is 1. The van der Waals surface area contributed by atoms with Gasteiger partial charge in [0.15, 0.2) is 9.84 Å². The molecule has 0 aromatic heterocycles. The average Bonchev–Trinajstić information content (AvgIpc) is 2.77. The van der Waals surface area contributed by atoms with Gasteiger partial charge in [0.2, 0.25) is 0 Å². The lowest BCUT2D eigenvalue weighted by molar-refractivity contribution is -0.114. The summed E-state index contributed by atoms with van der Waals surface area (Å²) in [6.07, 6.45) is 14.9. The van der Waals surface area contributed by atoms with E-state index in [4.69, 9.17) is 10.7 Å². The van der Waals surface area contributed by atoms with Crippen molar-refractivity contribution in [3.8, 4) is 0 Å². The Morgan fingerprint density at radius 3 is 2.64 bits per heavy atom. The maximum absolute atomic E-state index is 12.2. The lowest BCUT2D eigenvalue weighted by Crippen LogP contribution is -2.28. The first-order chi connectivity index (χ1) is 15.8. The second-order valence-electron chi connectivity index (χ2n) is 8.64. The Labute approximate surface area is 196 Å². The van der Waals surface area contributed by atoms with Crippen LogP contribution in [0.5, 0.6) is 0 Å². The van der Waals surface area contributed by atoms with Gasteiger partial charge in [0, 0.05) is 18.5 Å². The zero-order chi connectivity index (χ0) is 23.8. The molecule has 1 aromatic carbocycles. The summed E-state index contributed by atoms with van der Waals surface area (Å²) in [7, 11) is -3.37. The number of nitrogens with zero attached hydrogens (tertiary/aromatic N) is 1. The third kappa shape index (κ3) is 7.05. The van der Waals surface area contributed by atoms with Crippen molar-refractivity contribution >= 4 is 27.3 Å². The first-order valence-electron chi connectivity index (χ1n) is 11.6. The second kappa shape index (κ2) is 11.3. The second-order valence-corrected chi connectivity index (χ2v) is 10.7. The third-order valence-corrected chi connectivity index (χ3v) is 7.19. The molecular formula is C25H34N4O3S.